The predicted molar refractivity (Wildman–Crippen MR) is 170 cm³/mol. The molecule has 8 saturated carbocycles. The van der Waals surface area contributed by atoms with Crippen molar-refractivity contribution in [2.45, 2.75) is 83.5 Å². The van der Waals surface area contributed by atoms with Crippen molar-refractivity contribution in [3.8, 4) is 23.0 Å². The van der Waals surface area contributed by atoms with E-state index in [4.69, 9.17) is 19.3 Å². The van der Waals surface area contributed by atoms with Gasteiger partial charge >= 0.3 is 0 Å². The van der Waals surface area contributed by atoms with Crippen LogP contribution in [-0.4, -0.2) is 30.3 Å². The second-order valence-corrected chi connectivity index (χ2v) is 16.5. The van der Waals surface area contributed by atoms with E-state index in [0.29, 0.717) is 19.8 Å². The minimum absolute atomic E-state index is 0.0149. The van der Waals surface area contributed by atoms with Gasteiger partial charge in [0.15, 0.2) is 23.0 Å². The highest BCUT2D eigenvalue weighted by molar-refractivity contribution is 9.09. The summed E-state index contributed by atoms with van der Waals surface area (Å²) in [4.78, 5) is 0. The molecule has 0 amide bonds. The fourth-order valence-corrected chi connectivity index (χ4v) is 11.2. The van der Waals surface area contributed by atoms with E-state index in [1.54, 1.807) is 0 Å². The molecule has 8 fully saturated rings. The molecule has 2 aromatic rings. The van der Waals surface area contributed by atoms with Gasteiger partial charge in [0.05, 0.1) is 19.8 Å². The average Bonchev–Trinajstić information content (AvgIpc) is 3.00. The van der Waals surface area contributed by atoms with Gasteiger partial charge in [0.25, 0.3) is 0 Å². The fourth-order valence-electron chi connectivity index (χ4n) is 11.0. The summed E-state index contributed by atoms with van der Waals surface area (Å²) >= 11 is 3.29. The topological polar surface area (TPSA) is 47.9 Å². The molecule has 0 heterocycles. The number of phenolic OH excluding ortho intramolecular Hbond substituents is 1. The molecule has 10 rings (SSSR count). The molecule has 0 saturated heterocycles. The van der Waals surface area contributed by atoms with Gasteiger partial charge < -0.3 is 19.3 Å². The lowest BCUT2D eigenvalue weighted by Gasteiger charge is -2.56. The van der Waals surface area contributed by atoms with Gasteiger partial charge in [-0.15, -0.1) is 0 Å². The molecule has 4 nitrogen and oxygen atoms in total. The molecule has 0 atom stereocenters. The van der Waals surface area contributed by atoms with Crippen LogP contribution in [0.3, 0.4) is 0 Å². The molecule has 0 unspecified atom stereocenters. The van der Waals surface area contributed by atoms with Gasteiger partial charge in [-0.25, -0.2) is 0 Å². The Bertz CT molecular complexity index is 1350. The Labute approximate surface area is 277 Å². The summed E-state index contributed by atoms with van der Waals surface area (Å²) in [5.74, 6) is -0.0811. The molecule has 0 radical (unpaired) electrons. The molecule has 2 aromatic carbocycles. The third-order valence-corrected chi connectivity index (χ3v) is 12.5. The Kier molecular flexibility index (Phi) is 9.18. The summed E-state index contributed by atoms with van der Waals surface area (Å²) in [6, 6.07) is 5.44. The predicted octanol–water partition coefficient (Wildman–Crippen LogP) is 9.99. The molecule has 0 aromatic heterocycles. The van der Waals surface area contributed by atoms with Crippen LogP contribution >= 0.6 is 15.9 Å². The van der Waals surface area contributed by atoms with Crippen molar-refractivity contribution in [2.24, 2.45) is 46.3 Å². The Hall–Kier alpha value is -2.16. The molecule has 8 aliphatic carbocycles. The zero-order chi connectivity index (χ0) is 32.1. The lowest BCUT2D eigenvalue weighted by molar-refractivity contribution is -0.0751. The van der Waals surface area contributed by atoms with Crippen LogP contribution in [0.5, 0.6) is 23.0 Å². The molecule has 252 valence electrons. The van der Waals surface area contributed by atoms with Crippen molar-refractivity contribution in [2.75, 3.05) is 25.2 Å². The molecule has 8 bridgehead atoms. The van der Waals surface area contributed by atoms with Crippen LogP contribution in [0, 0.1) is 69.6 Å². The summed E-state index contributed by atoms with van der Waals surface area (Å²) in [7, 11) is 0. The SMILES string of the molecule is Fc1c(OCCCBr)ccc(OCC23CC4CC(CC(C4)C2)C3)c1F.Oc1ccc(OCC23CC4CC(CC(C4)C2)C3)c(F)c1F. The summed E-state index contributed by atoms with van der Waals surface area (Å²) < 4.78 is 72.4. The van der Waals surface area contributed by atoms with Gasteiger partial charge in [0.2, 0.25) is 23.3 Å². The van der Waals surface area contributed by atoms with Gasteiger partial charge in [0.1, 0.15) is 0 Å². The number of halogens is 5. The molecular formula is C37H45BrF4O4. The standard InChI is InChI=1S/C20H25BrF2O2.C17H20F2O2/c21-4-1-5-24-16-2-3-17(19(23)18(16)22)25-12-20-9-13-6-14(10-20)8-15(7-13)11-20;18-15-13(20)1-2-14(16(15)19)21-9-17-6-10-3-11(7-17)5-12(4-10)8-17/h2-3,13-15H,1,4-12H2;1-2,10-12,20H,3-9H2. The number of alkyl halides is 1. The van der Waals surface area contributed by atoms with Crippen LogP contribution in [0.4, 0.5) is 17.6 Å². The Morgan fingerprint density at radius 3 is 1.30 bits per heavy atom. The van der Waals surface area contributed by atoms with E-state index in [-0.39, 0.29) is 28.1 Å². The van der Waals surface area contributed by atoms with E-state index in [2.05, 4.69) is 15.9 Å². The molecule has 0 aliphatic heterocycles. The summed E-state index contributed by atoms with van der Waals surface area (Å²) in [6.07, 6.45) is 16.0. The molecule has 46 heavy (non-hydrogen) atoms. The largest absolute Gasteiger partial charge is 0.505 e. The summed E-state index contributed by atoms with van der Waals surface area (Å²) in [6.45, 7) is 1.34. The van der Waals surface area contributed by atoms with Gasteiger partial charge in [-0.2, -0.15) is 17.6 Å². The average molecular weight is 710 g/mol. The first kappa shape index (κ1) is 32.4. The monoisotopic (exact) mass is 708 g/mol. The molecule has 9 heteroatoms. The van der Waals surface area contributed by atoms with Crippen molar-refractivity contribution in [3.05, 3.63) is 47.5 Å². The van der Waals surface area contributed by atoms with E-state index in [1.165, 1.54) is 95.2 Å². The first-order valence-corrected chi connectivity index (χ1v) is 18.3. The van der Waals surface area contributed by atoms with Crippen molar-refractivity contribution >= 4 is 15.9 Å². The normalized spacial score (nSPS) is 34.7. The maximum atomic E-state index is 14.3. The van der Waals surface area contributed by atoms with Crippen molar-refractivity contribution in [1.29, 1.82) is 0 Å². The van der Waals surface area contributed by atoms with Gasteiger partial charge in [-0.1, -0.05) is 15.9 Å². The quantitative estimate of drug-likeness (QED) is 0.152. The zero-order valence-corrected chi connectivity index (χ0v) is 27.9. The smallest absolute Gasteiger partial charge is 0.204 e. The Morgan fingerprint density at radius 1 is 0.565 bits per heavy atom. The van der Waals surface area contributed by atoms with E-state index < -0.39 is 29.0 Å². The molecular weight excluding hydrogens is 664 g/mol. The minimum Gasteiger partial charge on any atom is -0.505 e. The lowest BCUT2D eigenvalue weighted by Crippen LogP contribution is -2.48. The maximum absolute atomic E-state index is 14.3. The maximum Gasteiger partial charge on any atom is 0.204 e. The summed E-state index contributed by atoms with van der Waals surface area (Å²) in [5.41, 5.74) is 0.346. The van der Waals surface area contributed by atoms with Crippen molar-refractivity contribution in [3.63, 3.8) is 0 Å². The van der Waals surface area contributed by atoms with Crippen LogP contribution in [0.15, 0.2) is 24.3 Å². The van der Waals surface area contributed by atoms with Crippen molar-refractivity contribution < 1.29 is 36.9 Å². The van der Waals surface area contributed by atoms with Crippen LogP contribution in [0.1, 0.15) is 83.5 Å². The minimum atomic E-state index is -1.22. The summed E-state index contributed by atoms with van der Waals surface area (Å²) in [5, 5.41) is 9.92. The van der Waals surface area contributed by atoms with Crippen LogP contribution in [-0.2, 0) is 0 Å². The zero-order valence-electron chi connectivity index (χ0n) is 26.4. The Morgan fingerprint density at radius 2 is 0.913 bits per heavy atom. The molecule has 0 spiro atoms. The van der Waals surface area contributed by atoms with E-state index in [1.807, 2.05) is 0 Å². The molecule has 8 aliphatic rings. The van der Waals surface area contributed by atoms with Crippen LogP contribution in [0.2, 0.25) is 0 Å². The highest BCUT2D eigenvalue weighted by Crippen LogP contribution is 2.61. The third-order valence-electron chi connectivity index (χ3n) is 12.0. The lowest BCUT2D eigenvalue weighted by atomic mass is 9.50. The second kappa shape index (κ2) is 13.0. The van der Waals surface area contributed by atoms with Crippen LogP contribution < -0.4 is 14.2 Å². The van der Waals surface area contributed by atoms with Gasteiger partial charge in [-0.3, -0.25) is 0 Å². The first-order chi connectivity index (χ1) is 22.1. The van der Waals surface area contributed by atoms with E-state index in [9.17, 15) is 17.6 Å². The number of hydrogen-bond acceptors (Lipinski definition) is 4. The molecule has 1 N–H and O–H groups in total. The second-order valence-electron chi connectivity index (χ2n) is 15.7. The number of ether oxygens (including phenoxy) is 3. The third kappa shape index (κ3) is 6.60. The number of hydrogen-bond donors (Lipinski definition) is 1. The Balaban J connectivity index is 0.000000149. The van der Waals surface area contributed by atoms with Crippen molar-refractivity contribution in [1.82, 2.24) is 0 Å². The highest BCUT2D eigenvalue weighted by Gasteiger charge is 2.52. The fraction of sp³-hybridized carbons (Fsp3) is 0.676. The number of rotatable bonds is 10. The van der Waals surface area contributed by atoms with E-state index in [0.717, 1.165) is 53.3 Å². The number of benzene rings is 2. The number of phenols is 1. The highest BCUT2D eigenvalue weighted by atomic mass is 79.9. The van der Waals surface area contributed by atoms with E-state index >= 15 is 0 Å². The van der Waals surface area contributed by atoms with Crippen LogP contribution in [0.25, 0.3) is 0 Å². The number of aromatic hydroxyl groups is 1. The van der Waals surface area contributed by atoms with Gasteiger partial charge in [-0.05, 0) is 143 Å². The first-order valence-electron chi connectivity index (χ1n) is 17.2. The van der Waals surface area contributed by atoms with Gasteiger partial charge in [0, 0.05) is 16.2 Å².